The zero-order valence-electron chi connectivity index (χ0n) is 22.8. The molecule has 0 saturated carbocycles. The number of nitrogens with two attached hydrogens (primary N) is 1. The van der Waals surface area contributed by atoms with Crippen LogP contribution in [0.5, 0.6) is 5.75 Å². The highest BCUT2D eigenvalue weighted by molar-refractivity contribution is 7.93. The van der Waals surface area contributed by atoms with E-state index in [0.29, 0.717) is 11.3 Å². The van der Waals surface area contributed by atoms with E-state index in [1.54, 1.807) is 45.0 Å². The van der Waals surface area contributed by atoms with E-state index in [9.17, 15) is 18.0 Å². The Bertz CT molecular complexity index is 1510. The number of aliphatic imine (C=N–C) groups is 1. The van der Waals surface area contributed by atoms with E-state index in [4.69, 9.17) is 15.2 Å². The number of carbonyl (C=O) groups is 2. The molecule has 0 atom stereocenters. The Labute approximate surface area is 236 Å². The topological polar surface area (TPSA) is 141 Å². The van der Waals surface area contributed by atoms with Gasteiger partial charge in [0.2, 0.25) is 0 Å². The number of halogens is 1. The van der Waals surface area contributed by atoms with Gasteiger partial charge in [-0.15, -0.1) is 11.3 Å². The fourth-order valence-electron chi connectivity index (χ4n) is 3.56. The number of nitrogens with zero attached hydrogens (tertiary/aromatic N) is 3. The minimum atomic E-state index is -4.43. The molecule has 0 fully saturated rings. The number of rotatable bonds is 11. The number of Topliss-reactive ketones (excluding diaryl/α,β-unsaturated/α-hetero) is 1. The maximum atomic E-state index is 15.1. The van der Waals surface area contributed by atoms with Crippen LogP contribution in [0, 0.1) is 5.82 Å². The van der Waals surface area contributed by atoms with Gasteiger partial charge in [0.15, 0.2) is 5.69 Å². The molecule has 3 aromatic rings. The minimum Gasteiger partial charge on any atom is -0.497 e. The summed E-state index contributed by atoms with van der Waals surface area (Å²) in [5, 5.41) is 0.0130. The molecular formula is C27H31FN4O6S2. The van der Waals surface area contributed by atoms with Crippen molar-refractivity contribution in [3.8, 4) is 5.75 Å². The molecular weight excluding hydrogens is 559 g/mol. The predicted octanol–water partition coefficient (Wildman–Crippen LogP) is 4.13. The number of carbonyl (C=O) groups excluding carboxylic acids is 2. The van der Waals surface area contributed by atoms with E-state index < -0.39 is 27.4 Å². The molecule has 40 heavy (non-hydrogen) atoms. The van der Waals surface area contributed by atoms with Crippen molar-refractivity contribution in [2.45, 2.75) is 50.7 Å². The van der Waals surface area contributed by atoms with Crippen molar-refractivity contribution in [3.63, 3.8) is 0 Å². The highest BCUT2D eigenvalue weighted by atomic mass is 32.2. The second-order valence-electron chi connectivity index (χ2n) is 9.73. The number of methoxy groups -OCH3 is 1. The number of ketones is 1. The van der Waals surface area contributed by atoms with E-state index >= 15 is 4.39 Å². The average molecular weight is 591 g/mol. The molecule has 214 valence electrons. The van der Waals surface area contributed by atoms with Gasteiger partial charge in [0, 0.05) is 13.5 Å². The van der Waals surface area contributed by atoms with Gasteiger partial charge in [0.25, 0.3) is 10.0 Å². The number of benzene rings is 2. The van der Waals surface area contributed by atoms with Crippen molar-refractivity contribution < 1.29 is 31.9 Å². The van der Waals surface area contributed by atoms with Crippen LogP contribution < -0.4 is 14.8 Å². The van der Waals surface area contributed by atoms with Gasteiger partial charge in [-0.05, 0) is 56.2 Å². The van der Waals surface area contributed by atoms with Crippen LogP contribution in [0.1, 0.15) is 48.8 Å². The normalized spacial score (nSPS) is 12.2. The van der Waals surface area contributed by atoms with Crippen LogP contribution in [0.15, 0.2) is 57.9 Å². The summed E-state index contributed by atoms with van der Waals surface area (Å²) in [6.07, 6.45) is -0.431. The van der Waals surface area contributed by atoms with Crippen molar-refractivity contribution in [1.29, 1.82) is 0 Å². The average Bonchev–Trinajstić information content (AvgIpc) is 3.37. The lowest BCUT2D eigenvalue weighted by atomic mass is 10.1. The van der Waals surface area contributed by atoms with Gasteiger partial charge in [-0.1, -0.05) is 18.2 Å². The predicted molar refractivity (Wildman–Crippen MR) is 151 cm³/mol. The van der Waals surface area contributed by atoms with Gasteiger partial charge in [0.1, 0.15) is 33.8 Å². The Morgan fingerprint density at radius 1 is 1.15 bits per heavy atom. The van der Waals surface area contributed by atoms with Crippen LogP contribution in [0.2, 0.25) is 0 Å². The van der Waals surface area contributed by atoms with Crippen LogP contribution in [-0.4, -0.2) is 50.7 Å². The van der Waals surface area contributed by atoms with Gasteiger partial charge in [-0.25, -0.2) is 22.6 Å². The number of aromatic nitrogens is 1. The Balaban J connectivity index is 2.04. The Kier molecular flexibility index (Phi) is 9.64. The van der Waals surface area contributed by atoms with E-state index in [1.165, 1.54) is 31.8 Å². The SMILES string of the molecule is CN=C(N)CC(=O)Cc1ccc(S(=O)(=O)N(Cc2ccc(OC)cc2)c2scnc2C(=O)OC(C)(C)C)cc1F. The summed E-state index contributed by atoms with van der Waals surface area (Å²) >= 11 is 0.933. The first-order valence-corrected chi connectivity index (χ1v) is 14.4. The van der Waals surface area contributed by atoms with Gasteiger partial charge >= 0.3 is 5.97 Å². The number of ether oxygens (including phenoxy) is 2. The minimum absolute atomic E-state index is 0.0130. The Morgan fingerprint density at radius 2 is 1.82 bits per heavy atom. The van der Waals surface area contributed by atoms with Gasteiger partial charge < -0.3 is 15.2 Å². The molecule has 0 aliphatic rings. The molecule has 10 nitrogen and oxygen atoms in total. The number of esters is 1. The first-order valence-electron chi connectivity index (χ1n) is 12.1. The maximum Gasteiger partial charge on any atom is 0.360 e. The first kappa shape index (κ1) is 30.7. The third kappa shape index (κ3) is 7.63. The van der Waals surface area contributed by atoms with Crippen molar-refractivity contribution in [3.05, 3.63) is 70.6 Å². The quantitative estimate of drug-likeness (QED) is 0.200. The summed E-state index contributed by atoms with van der Waals surface area (Å²) in [5.74, 6) is -1.35. The van der Waals surface area contributed by atoms with Crippen LogP contribution in [0.25, 0.3) is 0 Å². The number of amidine groups is 1. The molecule has 1 heterocycles. The highest BCUT2D eigenvalue weighted by Crippen LogP contribution is 2.34. The van der Waals surface area contributed by atoms with Crippen LogP contribution >= 0.6 is 11.3 Å². The lowest BCUT2D eigenvalue weighted by Crippen LogP contribution is -2.32. The molecule has 0 amide bonds. The summed E-state index contributed by atoms with van der Waals surface area (Å²) in [7, 11) is -1.48. The van der Waals surface area contributed by atoms with E-state index in [0.717, 1.165) is 21.7 Å². The number of hydrogen-bond donors (Lipinski definition) is 1. The maximum absolute atomic E-state index is 15.1. The Morgan fingerprint density at radius 3 is 2.40 bits per heavy atom. The molecule has 2 N–H and O–H groups in total. The van der Waals surface area contributed by atoms with Crippen LogP contribution in [0.4, 0.5) is 9.39 Å². The second-order valence-corrected chi connectivity index (χ2v) is 12.4. The van der Waals surface area contributed by atoms with Crippen molar-refractivity contribution in [1.82, 2.24) is 4.98 Å². The van der Waals surface area contributed by atoms with E-state index in [-0.39, 0.29) is 52.2 Å². The molecule has 0 radical (unpaired) electrons. The highest BCUT2D eigenvalue weighted by Gasteiger charge is 2.33. The molecule has 0 spiro atoms. The zero-order valence-corrected chi connectivity index (χ0v) is 24.4. The first-order chi connectivity index (χ1) is 18.7. The molecule has 3 rings (SSSR count). The number of anilines is 1. The Hall–Kier alpha value is -3.84. The lowest BCUT2D eigenvalue weighted by molar-refractivity contribution is -0.117. The number of thiazole rings is 1. The third-order valence-electron chi connectivity index (χ3n) is 5.52. The summed E-state index contributed by atoms with van der Waals surface area (Å²) in [6.45, 7) is 4.85. The standard InChI is InChI=1S/C27H31FN4O6S2/c1-27(2,3)38-26(34)24-25(39-16-31-24)32(15-17-6-9-20(37-5)10-7-17)40(35,36)21-11-8-18(22(28)14-21)12-19(33)13-23(29)30-4/h6-11,14,16H,12-13,15H2,1-5H3,(H2,29,30). The van der Waals surface area contributed by atoms with Crippen molar-refractivity contribution in [2.24, 2.45) is 10.7 Å². The lowest BCUT2D eigenvalue weighted by Gasteiger charge is -2.25. The monoisotopic (exact) mass is 590 g/mol. The molecule has 1 aromatic heterocycles. The van der Waals surface area contributed by atoms with Crippen LogP contribution in [-0.2, 0) is 32.5 Å². The molecule has 0 saturated heterocycles. The van der Waals surface area contributed by atoms with E-state index in [2.05, 4.69) is 9.98 Å². The van der Waals surface area contributed by atoms with E-state index in [1.807, 2.05) is 0 Å². The summed E-state index contributed by atoms with van der Waals surface area (Å²) in [5.41, 5.74) is 6.48. The molecule has 0 bridgehead atoms. The zero-order chi connectivity index (χ0) is 29.7. The van der Waals surface area contributed by atoms with Crippen molar-refractivity contribution >= 4 is 43.9 Å². The molecule has 0 aliphatic heterocycles. The third-order valence-corrected chi connectivity index (χ3v) is 8.22. The molecule has 0 aliphatic carbocycles. The van der Waals surface area contributed by atoms with Gasteiger partial charge in [-0.2, -0.15) is 0 Å². The summed E-state index contributed by atoms with van der Waals surface area (Å²) in [4.78, 5) is 32.6. The fraction of sp³-hybridized carbons (Fsp3) is 0.333. The molecule has 2 aromatic carbocycles. The fourth-order valence-corrected chi connectivity index (χ4v) is 6.04. The van der Waals surface area contributed by atoms with Gasteiger partial charge in [0.05, 0.1) is 30.5 Å². The van der Waals surface area contributed by atoms with Crippen molar-refractivity contribution in [2.75, 3.05) is 18.5 Å². The number of sulfonamides is 1. The summed E-state index contributed by atoms with van der Waals surface area (Å²) < 4.78 is 54.6. The number of hydrogen-bond acceptors (Lipinski definition) is 9. The van der Waals surface area contributed by atoms with Gasteiger partial charge in [-0.3, -0.25) is 14.1 Å². The van der Waals surface area contributed by atoms with Crippen LogP contribution in [0.3, 0.4) is 0 Å². The smallest absolute Gasteiger partial charge is 0.360 e. The summed E-state index contributed by atoms with van der Waals surface area (Å²) in [6, 6.07) is 10.0. The molecule has 0 unspecified atom stereocenters. The molecule has 13 heteroatoms. The largest absolute Gasteiger partial charge is 0.497 e. The second kappa shape index (κ2) is 12.6.